The Morgan fingerprint density at radius 3 is 3.07 bits per heavy atom. The lowest BCUT2D eigenvalue weighted by Crippen LogP contribution is -2.25. The van der Waals surface area contributed by atoms with Gasteiger partial charge < -0.3 is 9.88 Å². The van der Waals surface area contributed by atoms with Gasteiger partial charge in [-0.05, 0) is 18.6 Å². The third-order valence-electron chi connectivity index (χ3n) is 4.13. The summed E-state index contributed by atoms with van der Waals surface area (Å²) in [5.41, 5.74) is 1.77. The number of aryl methyl sites for hydroxylation is 1. The number of hydrogen-bond donors (Lipinski definition) is 1. The third-order valence-corrected chi connectivity index (χ3v) is 4.97. The van der Waals surface area contributed by atoms with Gasteiger partial charge in [-0.25, -0.2) is 9.37 Å². The van der Waals surface area contributed by atoms with Crippen LogP contribution in [0.15, 0.2) is 42.2 Å². The van der Waals surface area contributed by atoms with Crippen LogP contribution in [-0.4, -0.2) is 30.1 Å². The molecule has 4 aromatic rings. The van der Waals surface area contributed by atoms with Crippen LogP contribution in [0.1, 0.15) is 29.7 Å². The van der Waals surface area contributed by atoms with Gasteiger partial charge in [0.05, 0.1) is 12.2 Å². The number of nitrogens with one attached hydrogen (secondary N) is 1. The largest absolute Gasteiger partial charge is 0.343 e. The number of amides is 1. The highest BCUT2D eigenvalue weighted by Crippen LogP contribution is 2.24. The van der Waals surface area contributed by atoms with E-state index in [1.165, 1.54) is 23.5 Å². The average molecular weight is 384 g/mol. The van der Waals surface area contributed by atoms with Crippen molar-refractivity contribution >= 4 is 22.2 Å². The summed E-state index contributed by atoms with van der Waals surface area (Å²) in [5.74, 6) is 0.163. The van der Waals surface area contributed by atoms with Crippen LogP contribution in [0.25, 0.3) is 16.2 Å². The van der Waals surface area contributed by atoms with Crippen molar-refractivity contribution in [2.45, 2.75) is 26.4 Å². The van der Waals surface area contributed by atoms with Gasteiger partial charge in [0.15, 0.2) is 10.8 Å². The highest BCUT2D eigenvalue weighted by molar-refractivity contribution is 7.15. The third kappa shape index (κ3) is 3.45. The van der Waals surface area contributed by atoms with Gasteiger partial charge in [-0.15, -0.1) is 21.5 Å². The summed E-state index contributed by atoms with van der Waals surface area (Å²) in [6.45, 7) is 3.17. The molecule has 0 unspecified atom stereocenters. The lowest BCUT2D eigenvalue weighted by molar-refractivity contribution is 0.0944. The number of imidazole rings is 1. The molecule has 0 saturated heterocycles. The van der Waals surface area contributed by atoms with Crippen molar-refractivity contribution in [3.05, 3.63) is 59.5 Å². The van der Waals surface area contributed by atoms with E-state index in [0.29, 0.717) is 34.3 Å². The molecule has 0 aliphatic heterocycles. The molecule has 138 valence electrons. The van der Waals surface area contributed by atoms with E-state index in [1.807, 2.05) is 4.57 Å². The van der Waals surface area contributed by atoms with Gasteiger partial charge in [0, 0.05) is 23.7 Å². The second-order valence-corrected chi connectivity index (χ2v) is 6.87. The highest BCUT2D eigenvalue weighted by Gasteiger charge is 2.16. The predicted octanol–water partition coefficient (Wildman–Crippen LogP) is 3.13. The minimum atomic E-state index is -0.321. The molecule has 0 spiro atoms. The van der Waals surface area contributed by atoms with Crippen LogP contribution < -0.4 is 5.32 Å². The second kappa shape index (κ2) is 7.28. The Balaban J connectivity index is 1.54. The van der Waals surface area contributed by atoms with Crippen LogP contribution in [-0.2, 0) is 13.1 Å². The maximum Gasteiger partial charge on any atom is 0.269 e. The first kappa shape index (κ1) is 17.3. The molecule has 0 bridgehead atoms. The molecule has 0 radical (unpaired) electrons. The van der Waals surface area contributed by atoms with Gasteiger partial charge >= 0.3 is 0 Å². The monoisotopic (exact) mass is 384 g/mol. The minimum Gasteiger partial charge on any atom is -0.343 e. The SMILES string of the molecule is CCCn1cnnc1CNC(=O)c1csc2nc(-c3cccc(F)c3)cn12. The van der Waals surface area contributed by atoms with Gasteiger partial charge in [0.1, 0.15) is 17.8 Å². The zero-order valence-electron chi connectivity index (χ0n) is 14.6. The average Bonchev–Trinajstić information content (AvgIpc) is 3.35. The van der Waals surface area contributed by atoms with E-state index < -0.39 is 0 Å². The summed E-state index contributed by atoms with van der Waals surface area (Å²) in [6, 6.07) is 6.23. The number of benzene rings is 1. The molecule has 0 saturated carbocycles. The van der Waals surface area contributed by atoms with E-state index in [-0.39, 0.29) is 11.7 Å². The smallest absolute Gasteiger partial charge is 0.269 e. The van der Waals surface area contributed by atoms with Gasteiger partial charge in [-0.3, -0.25) is 9.20 Å². The molecule has 3 aromatic heterocycles. The standard InChI is InChI=1S/C18H17FN6OS/c1-2-6-24-11-21-23-16(24)8-20-17(26)15-10-27-18-22-14(9-25(15)18)12-4-3-5-13(19)7-12/h3-5,7,9-11H,2,6,8H2,1H3,(H,20,26). The molecule has 0 fully saturated rings. The van der Waals surface area contributed by atoms with Crippen molar-refractivity contribution in [1.82, 2.24) is 29.5 Å². The molecule has 0 atom stereocenters. The van der Waals surface area contributed by atoms with E-state index in [0.717, 1.165) is 13.0 Å². The molecule has 1 amide bonds. The van der Waals surface area contributed by atoms with Gasteiger partial charge in [-0.1, -0.05) is 19.1 Å². The van der Waals surface area contributed by atoms with Gasteiger partial charge in [0.25, 0.3) is 5.91 Å². The van der Waals surface area contributed by atoms with Crippen molar-refractivity contribution in [2.24, 2.45) is 0 Å². The van der Waals surface area contributed by atoms with E-state index >= 15 is 0 Å². The molecule has 1 aromatic carbocycles. The van der Waals surface area contributed by atoms with Crippen molar-refractivity contribution in [1.29, 1.82) is 0 Å². The van der Waals surface area contributed by atoms with Crippen LogP contribution in [0.4, 0.5) is 4.39 Å². The molecule has 3 heterocycles. The van der Waals surface area contributed by atoms with Crippen LogP contribution in [0.2, 0.25) is 0 Å². The predicted molar refractivity (Wildman–Crippen MR) is 99.9 cm³/mol. The van der Waals surface area contributed by atoms with Crippen LogP contribution in [0.5, 0.6) is 0 Å². The number of fused-ring (bicyclic) bond motifs is 1. The summed E-state index contributed by atoms with van der Waals surface area (Å²) in [5, 5.41) is 12.6. The second-order valence-electron chi connectivity index (χ2n) is 6.03. The number of rotatable bonds is 6. The molecular formula is C18H17FN6OS. The first-order valence-corrected chi connectivity index (χ1v) is 9.41. The Kier molecular flexibility index (Phi) is 4.68. The van der Waals surface area contributed by atoms with E-state index in [2.05, 4.69) is 27.4 Å². The maximum atomic E-state index is 13.5. The number of hydrogen-bond acceptors (Lipinski definition) is 5. The zero-order chi connectivity index (χ0) is 18.8. The molecule has 27 heavy (non-hydrogen) atoms. The fourth-order valence-corrected chi connectivity index (χ4v) is 3.68. The summed E-state index contributed by atoms with van der Waals surface area (Å²) < 4.78 is 17.1. The molecule has 4 rings (SSSR count). The first-order chi connectivity index (χ1) is 13.2. The topological polar surface area (TPSA) is 77.1 Å². The van der Waals surface area contributed by atoms with E-state index in [4.69, 9.17) is 0 Å². The number of carbonyl (C=O) groups excluding carboxylic acids is 1. The molecule has 0 aliphatic rings. The van der Waals surface area contributed by atoms with Crippen LogP contribution >= 0.6 is 11.3 Å². The maximum absolute atomic E-state index is 13.5. The quantitative estimate of drug-likeness (QED) is 0.554. The van der Waals surface area contributed by atoms with E-state index in [9.17, 15) is 9.18 Å². The number of aromatic nitrogens is 5. The zero-order valence-corrected chi connectivity index (χ0v) is 15.4. The lowest BCUT2D eigenvalue weighted by Gasteiger charge is -2.06. The van der Waals surface area contributed by atoms with Crippen molar-refractivity contribution in [2.75, 3.05) is 0 Å². The summed E-state index contributed by atoms with van der Waals surface area (Å²) in [6.07, 6.45) is 4.37. The Bertz CT molecular complexity index is 1100. The molecule has 0 aliphatic carbocycles. The molecular weight excluding hydrogens is 367 g/mol. The van der Waals surface area contributed by atoms with Crippen molar-refractivity contribution < 1.29 is 9.18 Å². The number of thiazole rings is 1. The number of carbonyl (C=O) groups is 1. The van der Waals surface area contributed by atoms with Crippen LogP contribution in [0.3, 0.4) is 0 Å². The summed E-state index contributed by atoms with van der Waals surface area (Å²) in [4.78, 5) is 17.8. The summed E-state index contributed by atoms with van der Waals surface area (Å²) in [7, 11) is 0. The van der Waals surface area contributed by atoms with Crippen molar-refractivity contribution in [3.63, 3.8) is 0 Å². The molecule has 1 N–H and O–H groups in total. The fourth-order valence-electron chi connectivity index (χ4n) is 2.83. The van der Waals surface area contributed by atoms with Gasteiger partial charge in [-0.2, -0.15) is 0 Å². The Morgan fingerprint density at radius 2 is 2.26 bits per heavy atom. The van der Waals surface area contributed by atoms with Crippen molar-refractivity contribution in [3.8, 4) is 11.3 Å². The fraction of sp³-hybridized carbons (Fsp3) is 0.222. The number of halogens is 1. The van der Waals surface area contributed by atoms with E-state index in [1.54, 1.807) is 34.4 Å². The Hall–Kier alpha value is -3.07. The first-order valence-electron chi connectivity index (χ1n) is 8.53. The Labute approximate surface area is 158 Å². The number of nitrogens with zero attached hydrogens (tertiary/aromatic N) is 5. The lowest BCUT2D eigenvalue weighted by atomic mass is 10.2. The molecule has 7 nitrogen and oxygen atoms in total. The van der Waals surface area contributed by atoms with Crippen LogP contribution in [0, 0.1) is 5.82 Å². The van der Waals surface area contributed by atoms with Gasteiger partial charge in [0.2, 0.25) is 0 Å². The normalized spacial score (nSPS) is 11.2. The Morgan fingerprint density at radius 1 is 1.37 bits per heavy atom. The summed E-state index contributed by atoms with van der Waals surface area (Å²) >= 11 is 1.36. The minimum absolute atomic E-state index is 0.226. The molecule has 9 heteroatoms. The highest BCUT2D eigenvalue weighted by atomic mass is 32.1.